The lowest BCUT2D eigenvalue weighted by Gasteiger charge is -2.24. The quantitative estimate of drug-likeness (QED) is 0.801. The van der Waals surface area contributed by atoms with Crippen molar-refractivity contribution in [3.8, 4) is 0 Å². The lowest BCUT2D eigenvalue weighted by molar-refractivity contribution is 0.141. The van der Waals surface area contributed by atoms with Crippen molar-refractivity contribution >= 4 is 21.4 Å². The van der Waals surface area contributed by atoms with Crippen molar-refractivity contribution in [1.82, 2.24) is 10.0 Å². The van der Waals surface area contributed by atoms with Crippen molar-refractivity contribution in [3.63, 3.8) is 0 Å². The van der Waals surface area contributed by atoms with E-state index in [9.17, 15) is 8.42 Å². The predicted octanol–water partition coefficient (Wildman–Crippen LogP) is 1.48. The van der Waals surface area contributed by atoms with Crippen molar-refractivity contribution in [1.29, 1.82) is 0 Å². The van der Waals surface area contributed by atoms with Crippen molar-refractivity contribution < 1.29 is 13.2 Å². The molecule has 1 heterocycles. The van der Waals surface area contributed by atoms with E-state index < -0.39 is 15.6 Å². The summed E-state index contributed by atoms with van der Waals surface area (Å²) in [5.74, 6) is 0. The first kappa shape index (κ1) is 16.6. The maximum atomic E-state index is 12.3. The van der Waals surface area contributed by atoms with Gasteiger partial charge in [-0.15, -0.1) is 11.3 Å². The molecular formula is C12H22N2O3S2. The zero-order chi connectivity index (χ0) is 14.7. The molecule has 0 atom stereocenters. The molecule has 0 amide bonds. The Kier molecular flexibility index (Phi) is 5.52. The van der Waals surface area contributed by atoms with Crippen LogP contribution in [0.25, 0.3) is 0 Å². The van der Waals surface area contributed by atoms with Gasteiger partial charge in [-0.05, 0) is 39.4 Å². The summed E-state index contributed by atoms with van der Waals surface area (Å²) in [6.45, 7) is 6.50. The third kappa shape index (κ3) is 4.54. The van der Waals surface area contributed by atoms with Crippen molar-refractivity contribution in [2.45, 2.75) is 37.1 Å². The molecule has 0 radical (unpaired) electrons. The van der Waals surface area contributed by atoms with Crippen LogP contribution in [0.3, 0.4) is 0 Å². The predicted molar refractivity (Wildman–Crippen MR) is 78.1 cm³/mol. The molecule has 7 heteroatoms. The van der Waals surface area contributed by atoms with E-state index in [2.05, 4.69) is 10.0 Å². The molecule has 0 aliphatic rings. The first-order valence-corrected chi connectivity index (χ1v) is 8.28. The zero-order valence-electron chi connectivity index (χ0n) is 12.0. The third-order valence-electron chi connectivity index (χ3n) is 2.52. The molecule has 0 unspecified atom stereocenters. The molecule has 0 saturated carbocycles. The van der Waals surface area contributed by atoms with Gasteiger partial charge in [-0.2, -0.15) is 0 Å². The van der Waals surface area contributed by atoms with Gasteiger partial charge >= 0.3 is 0 Å². The molecule has 0 aliphatic carbocycles. The maximum absolute atomic E-state index is 12.3. The highest BCUT2D eigenvalue weighted by molar-refractivity contribution is 7.91. The Morgan fingerprint density at radius 3 is 2.58 bits per heavy atom. The average Bonchev–Trinajstić information content (AvgIpc) is 2.60. The van der Waals surface area contributed by atoms with E-state index in [1.165, 1.54) is 11.3 Å². The minimum atomic E-state index is -3.50. The summed E-state index contributed by atoms with van der Waals surface area (Å²) >= 11 is 1.30. The Morgan fingerprint density at radius 2 is 2.05 bits per heavy atom. The van der Waals surface area contributed by atoms with Gasteiger partial charge < -0.3 is 10.1 Å². The minimum Gasteiger partial charge on any atom is -0.383 e. The summed E-state index contributed by atoms with van der Waals surface area (Å²) in [6, 6.07) is 1.71. The van der Waals surface area contributed by atoms with Crippen molar-refractivity contribution in [2.75, 3.05) is 20.8 Å². The van der Waals surface area contributed by atoms with Gasteiger partial charge in [-0.25, -0.2) is 13.1 Å². The maximum Gasteiger partial charge on any atom is 0.250 e. The van der Waals surface area contributed by atoms with Crippen LogP contribution in [0, 0.1) is 6.92 Å². The van der Waals surface area contributed by atoms with Crippen LogP contribution in [0.1, 0.15) is 24.3 Å². The highest BCUT2D eigenvalue weighted by Gasteiger charge is 2.27. The Morgan fingerprint density at radius 1 is 1.42 bits per heavy atom. The molecule has 0 aliphatic heterocycles. The minimum absolute atomic E-state index is 0.319. The molecule has 1 aromatic heterocycles. The second-order valence-corrected chi connectivity index (χ2v) is 8.17. The second kappa shape index (κ2) is 6.32. The fourth-order valence-corrected chi connectivity index (χ4v) is 4.76. The molecule has 19 heavy (non-hydrogen) atoms. The van der Waals surface area contributed by atoms with E-state index in [1.807, 2.05) is 14.0 Å². The van der Waals surface area contributed by atoms with Gasteiger partial charge in [0.15, 0.2) is 0 Å². The molecule has 0 saturated heterocycles. The van der Waals surface area contributed by atoms with Crippen LogP contribution in [0.5, 0.6) is 0 Å². The van der Waals surface area contributed by atoms with Crippen LogP contribution in [-0.4, -0.2) is 34.7 Å². The summed E-state index contributed by atoms with van der Waals surface area (Å²) < 4.78 is 32.7. The number of thiophene rings is 1. The van der Waals surface area contributed by atoms with E-state index in [0.717, 1.165) is 10.4 Å². The fraction of sp³-hybridized carbons (Fsp3) is 0.667. The average molecular weight is 306 g/mol. The summed E-state index contributed by atoms with van der Waals surface area (Å²) in [7, 11) is -0.107. The number of hydrogen-bond donors (Lipinski definition) is 2. The van der Waals surface area contributed by atoms with Crippen molar-refractivity contribution in [3.05, 3.63) is 16.5 Å². The number of rotatable bonds is 7. The molecule has 1 rings (SSSR count). The molecule has 2 N–H and O–H groups in total. The van der Waals surface area contributed by atoms with Gasteiger partial charge in [0.05, 0.1) is 12.1 Å². The summed E-state index contributed by atoms with van der Waals surface area (Å²) in [4.78, 5) is 1.03. The number of ether oxygens (including phenoxy) is 1. The normalized spacial score (nSPS) is 12.9. The first-order chi connectivity index (χ1) is 8.72. The SMILES string of the molecule is CNCc1sc(S(=O)(=O)NC(C)(C)COC)cc1C. The zero-order valence-corrected chi connectivity index (χ0v) is 13.7. The van der Waals surface area contributed by atoms with Crippen LogP contribution in [0.15, 0.2) is 10.3 Å². The van der Waals surface area contributed by atoms with Gasteiger partial charge in [0.1, 0.15) is 4.21 Å². The lowest BCUT2D eigenvalue weighted by Crippen LogP contribution is -2.46. The number of sulfonamides is 1. The van der Waals surface area contributed by atoms with E-state index in [-0.39, 0.29) is 0 Å². The number of methoxy groups -OCH3 is 1. The van der Waals surface area contributed by atoms with Gasteiger partial charge in [0.25, 0.3) is 10.0 Å². The largest absolute Gasteiger partial charge is 0.383 e. The summed E-state index contributed by atoms with van der Waals surface area (Å²) in [5, 5.41) is 3.03. The number of aryl methyl sites for hydroxylation is 1. The molecular weight excluding hydrogens is 284 g/mol. The molecule has 0 bridgehead atoms. The van der Waals surface area contributed by atoms with Crippen LogP contribution >= 0.6 is 11.3 Å². The number of hydrogen-bond acceptors (Lipinski definition) is 5. The van der Waals surface area contributed by atoms with Crippen molar-refractivity contribution in [2.24, 2.45) is 0 Å². The number of nitrogens with one attached hydrogen (secondary N) is 2. The Labute approximate surface area is 119 Å². The summed E-state index contributed by atoms with van der Waals surface area (Å²) in [6.07, 6.45) is 0. The highest BCUT2D eigenvalue weighted by atomic mass is 32.2. The molecule has 1 aromatic rings. The molecule has 0 fully saturated rings. The molecule has 0 spiro atoms. The molecule has 0 aromatic carbocycles. The monoisotopic (exact) mass is 306 g/mol. The Hall–Kier alpha value is -0.470. The van der Waals surface area contributed by atoms with E-state index in [0.29, 0.717) is 17.4 Å². The van der Waals surface area contributed by atoms with Gasteiger partial charge in [0, 0.05) is 18.5 Å². The topological polar surface area (TPSA) is 67.4 Å². The highest BCUT2D eigenvalue weighted by Crippen LogP contribution is 2.26. The van der Waals surface area contributed by atoms with Crippen LogP contribution in [0.2, 0.25) is 0 Å². The third-order valence-corrected chi connectivity index (χ3v) is 5.92. The smallest absolute Gasteiger partial charge is 0.250 e. The Bertz CT molecular complexity index is 521. The van der Waals surface area contributed by atoms with E-state index in [4.69, 9.17) is 4.74 Å². The van der Waals surface area contributed by atoms with Gasteiger partial charge in [0.2, 0.25) is 0 Å². The van der Waals surface area contributed by atoms with Crippen LogP contribution < -0.4 is 10.0 Å². The summed E-state index contributed by atoms with van der Waals surface area (Å²) in [5.41, 5.74) is 0.360. The van der Waals surface area contributed by atoms with E-state index >= 15 is 0 Å². The van der Waals surface area contributed by atoms with Crippen LogP contribution in [-0.2, 0) is 21.3 Å². The van der Waals surface area contributed by atoms with Crippen LogP contribution in [0.4, 0.5) is 0 Å². The second-order valence-electron chi connectivity index (χ2n) is 5.12. The molecule has 5 nitrogen and oxygen atoms in total. The molecule has 110 valence electrons. The van der Waals surface area contributed by atoms with Gasteiger partial charge in [-0.3, -0.25) is 0 Å². The van der Waals surface area contributed by atoms with Gasteiger partial charge in [-0.1, -0.05) is 0 Å². The fourth-order valence-electron chi connectivity index (χ4n) is 1.76. The first-order valence-electron chi connectivity index (χ1n) is 5.98. The lowest BCUT2D eigenvalue weighted by atomic mass is 10.1. The Balaban J connectivity index is 2.97. The standard InChI is InChI=1S/C12H22N2O3S2/c1-9-6-11(18-10(9)7-13-4)19(15,16)14-12(2,3)8-17-5/h6,13-14H,7-8H2,1-5H3. The van der Waals surface area contributed by atoms with E-state index in [1.54, 1.807) is 27.0 Å².